The highest BCUT2D eigenvalue weighted by Gasteiger charge is 2.44. The molecule has 0 saturated heterocycles. The second-order valence-electron chi connectivity index (χ2n) is 12.5. The third kappa shape index (κ3) is 7.78. The molecule has 50 heavy (non-hydrogen) atoms. The fourth-order valence-electron chi connectivity index (χ4n) is 6.61. The van der Waals surface area contributed by atoms with Crippen LogP contribution < -0.4 is 25.8 Å². The summed E-state index contributed by atoms with van der Waals surface area (Å²) >= 11 is 0. The Hall–Kier alpha value is -5.30. The van der Waals surface area contributed by atoms with Gasteiger partial charge in [-0.25, -0.2) is 4.57 Å². The minimum Gasteiger partial charge on any atom is -0.404 e. The SMILES string of the molecule is NC(=O)CC[C@H](NC(=O)[C@@H]1Cc2cccc3c2N1C(=O)[C@@H](CC(=O)c1cc2cc(OP(=O)(O)O)ccc2[nH]1)CC3)C(=O)NCc1ccccc1. The topological polar surface area (TPSA) is 221 Å². The van der Waals surface area contributed by atoms with Gasteiger partial charge in [0.1, 0.15) is 17.8 Å². The zero-order valence-corrected chi connectivity index (χ0v) is 27.7. The number of carbonyl (C=O) groups excluding carboxylic acids is 5. The standard InChI is InChI=1S/C35H36N5O9P/c36-31(42)14-13-27(33(43)37-19-20-5-2-1-3-6-20)39-34(44)29-17-22-8-4-7-21-9-10-23(35(45)40(29)32(21)22)18-30(41)28-16-24-15-25(49-50(46,47)48)11-12-26(24)38-28/h1-8,11-12,15-16,23,27,29,38H,9-10,13-14,17-19H2,(H2,36,42)(H,37,43)(H,39,44)(H2,46,47,48)/t23-,27+,29+/m1/s1. The Bertz CT molecular complexity index is 2030. The predicted molar refractivity (Wildman–Crippen MR) is 182 cm³/mol. The fourth-order valence-corrected chi connectivity index (χ4v) is 7.00. The molecule has 0 unspecified atom stereocenters. The van der Waals surface area contributed by atoms with Crippen molar-refractivity contribution in [2.45, 2.75) is 57.2 Å². The summed E-state index contributed by atoms with van der Waals surface area (Å²) in [6.07, 6.45) is 0.726. The molecule has 3 aromatic carbocycles. The molecular weight excluding hydrogens is 665 g/mol. The van der Waals surface area contributed by atoms with E-state index in [9.17, 15) is 28.5 Å². The van der Waals surface area contributed by atoms with E-state index in [1.165, 1.54) is 29.2 Å². The number of phosphoric acid groups is 1. The first-order valence-corrected chi connectivity index (χ1v) is 17.6. The molecule has 0 aliphatic carbocycles. The molecule has 1 aromatic heterocycles. The summed E-state index contributed by atoms with van der Waals surface area (Å²) in [5.41, 5.74) is 9.26. The number of hydrogen-bond acceptors (Lipinski definition) is 7. The third-order valence-corrected chi connectivity index (χ3v) is 9.44. The number of nitrogens with one attached hydrogen (secondary N) is 3. The number of Topliss-reactive ketones (excluding diaryl/α,β-unsaturated/α-hetero) is 1. The molecule has 0 fully saturated rings. The molecule has 3 heterocycles. The largest absolute Gasteiger partial charge is 0.524 e. The second-order valence-corrected chi connectivity index (χ2v) is 13.7. The minimum atomic E-state index is -4.78. The molecule has 0 spiro atoms. The zero-order valence-electron chi connectivity index (χ0n) is 26.8. The Balaban J connectivity index is 1.20. The van der Waals surface area contributed by atoms with E-state index < -0.39 is 49.5 Å². The minimum absolute atomic E-state index is 0.0326. The van der Waals surface area contributed by atoms with Gasteiger partial charge in [-0.05, 0) is 60.2 Å². The number of rotatable bonds is 13. The molecule has 15 heteroatoms. The number of nitrogens with two attached hydrogens (primary N) is 1. The first-order chi connectivity index (χ1) is 23.9. The molecule has 4 aromatic rings. The van der Waals surface area contributed by atoms with E-state index in [-0.39, 0.29) is 49.5 Å². The maximum absolute atomic E-state index is 14.3. The Labute approximate surface area is 286 Å². The van der Waals surface area contributed by atoms with Gasteiger partial charge in [-0.2, -0.15) is 0 Å². The second kappa shape index (κ2) is 14.3. The van der Waals surface area contributed by atoms with Crippen molar-refractivity contribution < 1.29 is 42.8 Å². The van der Waals surface area contributed by atoms with Crippen LogP contribution in [0.25, 0.3) is 10.9 Å². The molecule has 0 radical (unpaired) electrons. The maximum atomic E-state index is 14.3. The monoisotopic (exact) mass is 701 g/mol. The quantitative estimate of drug-likeness (QED) is 0.0890. The van der Waals surface area contributed by atoms with E-state index in [0.29, 0.717) is 29.4 Å². The maximum Gasteiger partial charge on any atom is 0.524 e. The van der Waals surface area contributed by atoms with Crippen LogP contribution in [0, 0.1) is 5.92 Å². The number of aromatic nitrogens is 1. The van der Waals surface area contributed by atoms with Gasteiger partial charge < -0.3 is 25.9 Å². The van der Waals surface area contributed by atoms with Crippen LogP contribution in [0.2, 0.25) is 0 Å². The van der Waals surface area contributed by atoms with E-state index >= 15 is 0 Å². The van der Waals surface area contributed by atoms with E-state index in [2.05, 4.69) is 20.1 Å². The van der Waals surface area contributed by atoms with Crippen molar-refractivity contribution in [2.24, 2.45) is 11.7 Å². The van der Waals surface area contributed by atoms with Crippen LogP contribution >= 0.6 is 7.82 Å². The Kier molecular flexibility index (Phi) is 9.87. The lowest BCUT2D eigenvalue weighted by Gasteiger charge is -2.29. The molecule has 14 nitrogen and oxygen atoms in total. The van der Waals surface area contributed by atoms with Crippen molar-refractivity contribution in [3.05, 3.63) is 95.2 Å². The normalized spacial score (nSPS) is 17.5. The van der Waals surface area contributed by atoms with Gasteiger partial charge >= 0.3 is 7.82 Å². The molecule has 2 aliphatic heterocycles. The number of anilines is 1. The van der Waals surface area contributed by atoms with Gasteiger partial charge in [0.15, 0.2) is 5.78 Å². The van der Waals surface area contributed by atoms with Crippen molar-refractivity contribution in [2.75, 3.05) is 4.90 Å². The molecule has 0 saturated carbocycles. The number of fused-ring (bicyclic) bond motifs is 1. The molecule has 2 aliphatic rings. The fraction of sp³-hybridized carbons (Fsp3) is 0.286. The Morgan fingerprint density at radius 1 is 1.02 bits per heavy atom. The van der Waals surface area contributed by atoms with Crippen LogP contribution in [-0.2, 0) is 43.1 Å². The lowest BCUT2D eigenvalue weighted by atomic mass is 9.93. The number of para-hydroxylation sites is 1. The number of aromatic amines is 1. The van der Waals surface area contributed by atoms with Crippen molar-refractivity contribution in [1.82, 2.24) is 15.6 Å². The number of H-pyrrole nitrogens is 1. The van der Waals surface area contributed by atoms with Gasteiger partial charge in [-0.1, -0.05) is 48.5 Å². The number of hydrogen-bond donors (Lipinski definition) is 6. The lowest BCUT2D eigenvalue weighted by molar-refractivity contribution is -0.131. The summed E-state index contributed by atoms with van der Waals surface area (Å²) in [4.78, 5) is 89.3. The summed E-state index contributed by atoms with van der Waals surface area (Å²) in [7, 11) is -4.78. The van der Waals surface area contributed by atoms with E-state index in [4.69, 9.17) is 15.5 Å². The average molecular weight is 702 g/mol. The molecule has 4 amide bonds. The zero-order chi connectivity index (χ0) is 35.6. The molecule has 260 valence electrons. The summed E-state index contributed by atoms with van der Waals surface area (Å²) in [6.45, 7) is 0.208. The number of phosphoric ester groups is 1. The molecule has 6 rings (SSSR count). The molecule has 0 bridgehead atoms. The lowest BCUT2D eigenvalue weighted by Crippen LogP contribution is -2.55. The van der Waals surface area contributed by atoms with Crippen LogP contribution in [0.3, 0.4) is 0 Å². The van der Waals surface area contributed by atoms with Gasteiger partial charge in [0.25, 0.3) is 0 Å². The Morgan fingerprint density at radius 3 is 2.52 bits per heavy atom. The highest BCUT2D eigenvalue weighted by molar-refractivity contribution is 7.46. The molecule has 3 atom stereocenters. The third-order valence-electron chi connectivity index (χ3n) is 8.99. The van der Waals surface area contributed by atoms with Crippen LogP contribution in [0.4, 0.5) is 5.69 Å². The van der Waals surface area contributed by atoms with Crippen LogP contribution in [-0.4, -0.2) is 56.3 Å². The van der Waals surface area contributed by atoms with Crippen molar-refractivity contribution in [3.63, 3.8) is 0 Å². The van der Waals surface area contributed by atoms with E-state index in [1.807, 2.05) is 48.5 Å². The van der Waals surface area contributed by atoms with E-state index in [1.54, 1.807) is 0 Å². The van der Waals surface area contributed by atoms with Gasteiger partial charge in [-0.3, -0.25) is 38.7 Å². The highest BCUT2D eigenvalue weighted by atomic mass is 31.2. The predicted octanol–water partition coefficient (Wildman–Crippen LogP) is 2.80. The van der Waals surface area contributed by atoms with Crippen LogP contribution in [0.1, 0.15) is 52.9 Å². The van der Waals surface area contributed by atoms with Gasteiger partial charge in [0.2, 0.25) is 23.6 Å². The van der Waals surface area contributed by atoms with Crippen molar-refractivity contribution in [1.29, 1.82) is 0 Å². The summed E-state index contributed by atoms with van der Waals surface area (Å²) in [5, 5.41) is 6.05. The number of aryl methyl sites for hydroxylation is 1. The molecular formula is C35H36N5O9P. The first kappa shape index (κ1) is 34.6. The summed E-state index contributed by atoms with van der Waals surface area (Å²) < 4.78 is 15.9. The Morgan fingerprint density at radius 2 is 1.78 bits per heavy atom. The molecule has 7 N–H and O–H groups in total. The van der Waals surface area contributed by atoms with Crippen LogP contribution in [0.5, 0.6) is 5.75 Å². The number of primary amides is 1. The number of benzene rings is 3. The number of nitrogens with zero attached hydrogens (tertiary/aromatic N) is 1. The van der Waals surface area contributed by atoms with Gasteiger partial charge in [0, 0.05) is 42.6 Å². The van der Waals surface area contributed by atoms with Crippen LogP contribution in [0.15, 0.2) is 72.8 Å². The van der Waals surface area contributed by atoms with Gasteiger partial charge in [-0.15, -0.1) is 0 Å². The number of carbonyl (C=O) groups is 5. The first-order valence-electron chi connectivity index (χ1n) is 16.1. The van der Waals surface area contributed by atoms with Crippen molar-refractivity contribution in [3.8, 4) is 5.75 Å². The average Bonchev–Trinajstić information content (AvgIpc) is 3.65. The van der Waals surface area contributed by atoms with Gasteiger partial charge in [0.05, 0.1) is 11.4 Å². The smallest absolute Gasteiger partial charge is 0.404 e. The number of amides is 4. The number of ketones is 1. The van der Waals surface area contributed by atoms with Crippen molar-refractivity contribution >= 4 is 53.8 Å². The van der Waals surface area contributed by atoms with E-state index in [0.717, 1.165) is 16.7 Å². The highest BCUT2D eigenvalue weighted by Crippen LogP contribution is 2.41. The summed E-state index contributed by atoms with van der Waals surface area (Å²) in [6, 6.07) is 18.5. The summed E-state index contributed by atoms with van der Waals surface area (Å²) in [5.74, 6) is -3.28.